The van der Waals surface area contributed by atoms with Crippen molar-refractivity contribution in [2.24, 2.45) is 0 Å². The number of benzene rings is 1. The lowest BCUT2D eigenvalue weighted by Gasteiger charge is -2.20. The van der Waals surface area contributed by atoms with Crippen LogP contribution in [0, 0.1) is 0 Å². The van der Waals surface area contributed by atoms with E-state index in [9.17, 15) is 19.2 Å². The van der Waals surface area contributed by atoms with Crippen molar-refractivity contribution >= 4 is 23.9 Å². The zero-order valence-electron chi connectivity index (χ0n) is 15.4. The summed E-state index contributed by atoms with van der Waals surface area (Å²) in [6.45, 7) is 0.0206. The van der Waals surface area contributed by atoms with E-state index in [4.69, 9.17) is 9.57 Å². The van der Waals surface area contributed by atoms with Gasteiger partial charge in [0.2, 0.25) is 0 Å². The number of hydroxylamine groups is 2. The second-order valence-electron chi connectivity index (χ2n) is 6.31. The molecule has 2 aromatic rings. The number of imide groups is 1. The molecule has 9 nitrogen and oxygen atoms in total. The topological polar surface area (TPSA) is 115 Å². The van der Waals surface area contributed by atoms with Crippen molar-refractivity contribution in [1.29, 1.82) is 0 Å². The molecule has 0 unspecified atom stereocenters. The second kappa shape index (κ2) is 9.45. The molecule has 0 spiro atoms. The third kappa shape index (κ3) is 5.61. The number of aromatic nitrogens is 1. The Morgan fingerprint density at radius 1 is 1.00 bits per heavy atom. The number of hydrogen-bond donors (Lipinski definition) is 1. The predicted molar refractivity (Wildman–Crippen MR) is 98.7 cm³/mol. The smallest absolute Gasteiger partial charge is 0.408 e. The first-order valence-corrected chi connectivity index (χ1v) is 8.96. The van der Waals surface area contributed by atoms with E-state index in [1.807, 2.05) is 18.2 Å². The molecule has 1 fully saturated rings. The first-order valence-electron chi connectivity index (χ1n) is 8.96. The van der Waals surface area contributed by atoms with Gasteiger partial charge < -0.3 is 14.9 Å². The lowest BCUT2D eigenvalue weighted by atomic mass is 10.1. The van der Waals surface area contributed by atoms with Gasteiger partial charge in [-0.05, 0) is 23.3 Å². The molecule has 0 aliphatic carbocycles. The monoisotopic (exact) mass is 397 g/mol. The maximum absolute atomic E-state index is 12.6. The highest BCUT2D eigenvalue weighted by Gasteiger charge is 2.35. The SMILES string of the molecule is O=C(N[C@@H](Cc1ccncc1)C(=O)ON1C(=O)CCC1=O)OCc1ccccc1. The molecule has 3 amide bonds. The molecule has 0 saturated carbocycles. The zero-order valence-corrected chi connectivity index (χ0v) is 15.4. The van der Waals surface area contributed by atoms with E-state index in [2.05, 4.69) is 10.3 Å². The van der Waals surface area contributed by atoms with E-state index in [-0.39, 0.29) is 25.9 Å². The zero-order chi connectivity index (χ0) is 20.6. The fraction of sp³-hybridized carbons (Fsp3) is 0.250. The molecule has 1 N–H and O–H groups in total. The minimum Gasteiger partial charge on any atom is -0.445 e. The van der Waals surface area contributed by atoms with Gasteiger partial charge >= 0.3 is 12.1 Å². The van der Waals surface area contributed by atoms with Crippen molar-refractivity contribution in [3.05, 3.63) is 66.0 Å². The Morgan fingerprint density at radius 3 is 2.31 bits per heavy atom. The van der Waals surface area contributed by atoms with Crippen LogP contribution in [0.1, 0.15) is 24.0 Å². The largest absolute Gasteiger partial charge is 0.445 e. The maximum Gasteiger partial charge on any atom is 0.408 e. The van der Waals surface area contributed by atoms with Crippen molar-refractivity contribution in [1.82, 2.24) is 15.4 Å². The minimum absolute atomic E-state index is 0.0202. The van der Waals surface area contributed by atoms with E-state index in [0.717, 1.165) is 5.56 Å². The standard InChI is InChI=1S/C20H19N3O6/c24-17-6-7-18(25)23(17)29-19(26)16(12-14-8-10-21-11-9-14)22-20(27)28-13-15-4-2-1-3-5-15/h1-5,8-11,16H,6-7,12-13H2,(H,22,27)/t16-/m0/s1. The van der Waals surface area contributed by atoms with Gasteiger partial charge in [-0.3, -0.25) is 14.6 Å². The molecular formula is C20H19N3O6. The van der Waals surface area contributed by atoms with Crippen LogP contribution in [0.25, 0.3) is 0 Å². The Kier molecular flexibility index (Phi) is 6.51. The van der Waals surface area contributed by atoms with Gasteiger partial charge in [0.05, 0.1) is 0 Å². The number of pyridine rings is 1. The van der Waals surface area contributed by atoms with E-state index in [0.29, 0.717) is 10.6 Å². The lowest BCUT2D eigenvalue weighted by Crippen LogP contribution is -2.46. The Bertz CT molecular complexity index is 872. The molecule has 150 valence electrons. The van der Waals surface area contributed by atoms with Crippen molar-refractivity contribution in [2.45, 2.75) is 31.9 Å². The summed E-state index contributed by atoms with van der Waals surface area (Å²) < 4.78 is 5.14. The van der Waals surface area contributed by atoms with Crippen LogP contribution >= 0.6 is 0 Å². The van der Waals surface area contributed by atoms with Crippen LogP contribution in [0.4, 0.5) is 4.79 Å². The molecule has 9 heteroatoms. The summed E-state index contributed by atoms with van der Waals surface area (Å²) in [5.74, 6) is -2.14. The molecule has 1 aromatic heterocycles. The molecular weight excluding hydrogens is 378 g/mol. The first-order chi connectivity index (χ1) is 14.0. The Labute approximate surface area is 166 Å². The third-order valence-corrected chi connectivity index (χ3v) is 4.17. The van der Waals surface area contributed by atoms with Gasteiger partial charge in [-0.2, -0.15) is 0 Å². The summed E-state index contributed by atoms with van der Waals surface area (Å²) in [5, 5.41) is 2.88. The van der Waals surface area contributed by atoms with E-state index in [1.54, 1.807) is 36.7 Å². The Hall–Kier alpha value is -3.75. The average Bonchev–Trinajstić information content (AvgIpc) is 3.05. The summed E-state index contributed by atoms with van der Waals surface area (Å²) >= 11 is 0. The molecule has 29 heavy (non-hydrogen) atoms. The predicted octanol–water partition coefficient (Wildman–Crippen LogP) is 1.53. The fourth-order valence-electron chi connectivity index (χ4n) is 2.67. The van der Waals surface area contributed by atoms with E-state index >= 15 is 0 Å². The fourth-order valence-corrected chi connectivity index (χ4v) is 2.67. The quantitative estimate of drug-likeness (QED) is 0.705. The Balaban J connectivity index is 1.65. The highest BCUT2D eigenvalue weighted by atomic mass is 16.7. The van der Waals surface area contributed by atoms with E-state index < -0.39 is 29.9 Å². The second-order valence-corrected chi connectivity index (χ2v) is 6.31. The first kappa shape index (κ1) is 20.0. The van der Waals surface area contributed by atoms with Crippen LogP contribution in [0.5, 0.6) is 0 Å². The summed E-state index contributed by atoms with van der Waals surface area (Å²) in [6.07, 6.45) is 2.28. The average molecular weight is 397 g/mol. The van der Waals surface area contributed by atoms with Crippen molar-refractivity contribution < 1.29 is 28.8 Å². The van der Waals surface area contributed by atoms with Crippen LogP contribution in [-0.4, -0.2) is 40.0 Å². The summed E-state index contributed by atoms with van der Waals surface area (Å²) in [5.41, 5.74) is 1.48. The van der Waals surface area contributed by atoms with E-state index in [1.165, 1.54) is 0 Å². The van der Waals surface area contributed by atoms with Crippen LogP contribution in [0.2, 0.25) is 0 Å². The summed E-state index contributed by atoms with van der Waals surface area (Å²) in [7, 11) is 0. The van der Waals surface area contributed by atoms with Gasteiger partial charge in [0, 0.05) is 31.7 Å². The van der Waals surface area contributed by atoms with Crippen LogP contribution < -0.4 is 5.32 Å². The number of carbonyl (C=O) groups is 4. The van der Waals surface area contributed by atoms with Crippen LogP contribution in [0.3, 0.4) is 0 Å². The normalized spacial score (nSPS) is 14.4. The number of nitrogens with one attached hydrogen (secondary N) is 1. The molecule has 3 rings (SSSR count). The number of carbonyl (C=O) groups excluding carboxylic acids is 4. The van der Waals surface area contributed by atoms with Gasteiger partial charge in [0.1, 0.15) is 12.6 Å². The van der Waals surface area contributed by atoms with Crippen molar-refractivity contribution in [2.75, 3.05) is 0 Å². The molecule has 1 aliphatic rings. The number of rotatable bonds is 7. The third-order valence-electron chi connectivity index (χ3n) is 4.17. The molecule has 1 atom stereocenters. The molecule has 2 heterocycles. The maximum atomic E-state index is 12.6. The van der Waals surface area contributed by atoms with Gasteiger partial charge in [-0.1, -0.05) is 30.3 Å². The number of alkyl carbamates (subject to hydrolysis) is 1. The molecule has 1 aliphatic heterocycles. The number of hydrogen-bond acceptors (Lipinski definition) is 7. The highest BCUT2D eigenvalue weighted by Crippen LogP contribution is 2.14. The summed E-state index contributed by atoms with van der Waals surface area (Å²) in [6, 6.07) is 11.2. The lowest BCUT2D eigenvalue weighted by molar-refractivity contribution is -0.198. The van der Waals surface area contributed by atoms with Crippen LogP contribution in [0.15, 0.2) is 54.9 Å². The van der Waals surface area contributed by atoms with Gasteiger partial charge in [0.25, 0.3) is 11.8 Å². The summed E-state index contributed by atoms with van der Waals surface area (Å²) in [4.78, 5) is 57.0. The molecule has 1 saturated heterocycles. The Morgan fingerprint density at radius 2 is 1.66 bits per heavy atom. The number of nitrogens with zero attached hydrogens (tertiary/aromatic N) is 2. The minimum atomic E-state index is -1.16. The molecule has 0 bridgehead atoms. The highest BCUT2D eigenvalue weighted by molar-refractivity contribution is 6.01. The van der Waals surface area contributed by atoms with Gasteiger partial charge in [0.15, 0.2) is 0 Å². The van der Waals surface area contributed by atoms with Crippen molar-refractivity contribution in [3.8, 4) is 0 Å². The number of amides is 3. The van der Waals surface area contributed by atoms with Crippen molar-refractivity contribution in [3.63, 3.8) is 0 Å². The van der Waals surface area contributed by atoms with Gasteiger partial charge in [-0.15, -0.1) is 5.06 Å². The van der Waals surface area contributed by atoms with Crippen LogP contribution in [-0.2, 0) is 37.0 Å². The molecule has 0 radical (unpaired) electrons. The number of ether oxygens (including phenoxy) is 1. The van der Waals surface area contributed by atoms with Gasteiger partial charge in [-0.25, -0.2) is 9.59 Å². The molecule has 1 aromatic carbocycles.